The van der Waals surface area contributed by atoms with Crippen LogP contribution in [-0.4, -0.2) is 39.7 Å². The number of nitrogen functional groups attached to an aromatic ring is 1. The number of benzene rings is 1. The summed E-state index contributed by atoms with van der Waals surface area (Å²) >= 11 is 0. The van der Waals surface area contributed by atoms with Crippen LogP contribution in [-0.2, 0) is 9.59 Å². The fourth-order valence-electron chi connectivity index (χ4n) is 2.52. The van der Waals surface area contributed by atoms with Gasteiger partial charge in [0.2, 0.25) is 11.8 Å². The molecule has 21 heavy (non-hydrogen) atoms. The second-order valence-corrected chi connectivity index (χ2v) is 4.90. The van der Waals surface area contributed by atoms with Crippen molar-refractivity contribution in [3.05, 3.63) is 23.3 Å². The zero-order valence-electron chi connectivity index (χ0n) is 10.8. The van der Waals surface area contributed by atoms with Crippen molar-refractivity contribution < 1.29 is 24.3 Å². The van der Waals surface area contributed by atoms with Crippen molar-refractivity contribution in [2.45, 2.75) is 18.9 Å². The molecule has 8 nitrogen and oxygen atoms in total. The molecular formula is C13H11N3O5. The zero-order valence-corrected chi connectivity index (χ0v) is 10.8. The quantitative estimate of drug-likeness (QED) is 0.359. The first kappa shape index (κ1) is 13.1. The average molecular weight is 289 g/mol. The molecule has 0 aliphatic carbocycles. The molecular weight excluding hydrogens is 278 g/mol. The lowest BCUT2D eigenvalue weighted by Crippen LogP contribution is -2.54. The first-order valence-corrected chi connectivity index (χ1v) is 6.24. The van der Waals surface area contributed by atoms with E-state index in [2.05, 4.69) is 5.32 Å². The molecule has 0 spiro atoms. The Bertz CT molecular complexity index is 671. The molecule has 1 unspecified atom stereocenters. The maximum absolute atomic E-state index is 12.3. The third-order valence-corrected chi connectivity index (χ3v) is 3.59. The summed E-state index contributed by atoms with van der Waals surface area (Å²) in [7, 11) is 0. The van der Waals surface area contributed by atoms with Crippen LogP contribution in [0.1, 0.15) is 33.6 Å². The van der Waals surface area contributed by atoms with Gasteiger partial charge in [0.05, 0.1) is 16.8 Å². The Morgan fingerprint density at radius 2 is 1.76 bits per heavy atom. The summed E-state index contributed by atoms with van der Waals surface area (Å²) in [4.78, 5) is 48.3. The lowest BCUT2D eigenvalue weighted by molar-refractivity contribution is -0.136. The van der Waals surface area contributed by atoms with Gasteiger partial charge in [-0.25, -0.2) is 0 Å². The molecule has 0 aromatic heterocycles. The van der Waals surface area contributed by atoms with Crippen LogP contribution in [0, 0.1) is 0 Å². The van der Waals surface area contributed by atoms with Crippen molar-refractivity contribution in [3.8, 4) is 5.75 Å². The smallest absolute Gasteiger partial charge is 0.262 e. The van der Waals surface area contributed by atoms with Crippen LogP contribution in [0.15, 0.2) is 12.1 Å². The number of imide groups is 2. The van der Waals surface area contributed by atoms with Gasteiger partial charge in [-0.05, 0) is 18.6 Å². The highest BCUT2D eigenvalue weighted by Gasteiger charge is 2.44. The second-order valence-electron chi connectivity index (χ2n) is 4.90. The molecule has 0 saturated carbocycles. The van der Waals surface area contributed by atoms with Gasteiger partial charge in [-0.3, -0.25) is 29.4 Å². The molecule has 3 rings (SSSR count). The van der Waals surface area contributed by atoms with E-state index in [0.29, 0.717) is 0 Å². The fourth-order valence-corrected chi connectivity index (χ4v) is 2.52. The van der Waals surface area contributed by atoms with Crippen LogP contribution >= 0.6 is 0 Å². The van der Waals surface area contributed by atoms with Crippen LogP contribution < -0.4 is 11.1 Å². The summed E-state index contributed by atoms with van der Waals surface area (Å²) in [5.74, 6) is -2.76. The lowest BCUT2D eigenvalue weighted by atomic mass is 10.0. The summed E-state index contributed by atoms with van der Waals surface area (Å²) in [6.45, 7) is 0. The molecule has 1 fully saturated rings. The van der Waals surface area contributed by atoms with Gasteiger partial charge in [-0.15, -0.1) is 0 Å². The Labute approximate surface area is 118 Å². The van der Waals surface area contributed by atoms with Crippen LogP contribution in [0.3, 0.4) is 0 Å². The Hall–Kier alpha value is -2.90. The highest BCUT2D eigenvalue weighted by atomic mass is 16.3. The van der Waals surface area contributed by atoms with Crippen LogP contribution in [0.2, 0.25) is 0 Å². The average Bonchev–Trinajstić information content (AvgIpc) is 2.64. The molecule has 0 radical (unpaired) electrons. The number of nitrogens with two attached hydrogens (primary N) is 1. The van der Waals surface area contributed by atoms with Crippen LogP contribution in [0.5, 0.6) is 5.75 Å². The zero-order chi connectivity index (χ0) is 15.3. The van der Waals surface area contributed by atoms with E-state index in [1.807, 2.05) is 0 Å². The summed E-state index contributed by atoms with van der Waals surface area (Å²) < 4.78 is 0. The number of amides is 4. The number of phenolic OH excluding ortho intramolecular Hbond substituents is 1. The van der Waals surface area contributed by atoms with E-state index in [1.165, 1.54) is 6.07 Å². The Kier molecular flexibility index (Phi) is 2.68. The van der Waals surface area contributed by atoms with Gasteiger partial charge in [0.1, 0.15) is 11.8 Å². The van der Waals surface area contributed by atoms with E-state index in [1.54, 1.807) is 0 Å². The van der Waals surface area contributed by atoms with Crippen molar-refractivity contribution in [3.63, 3.8) is 0 Å². The molecule has 1 aromatic carbocycles. The molecule has 8 heteroatoms. The number of carbonyl (C=O) groups excluding carboxylic acids is 4. The summed E-state index contributed by atoms with van der Waals surface area (Å²) in [5.41, 5.74) is 5.52. The molecule has 2 heterocycles. The lowest BCUT2D eigenvalue weighted by Gasteiger charge is -2.27. The summed E-state index contributed by atoms with van der Waals surface area (Å²) in [6.07, 6.45) is 0.134. The first-order chi connectivity index (χ1) is 9.90. The molecule has 1 atom stereocenters. The molecule has 1 aromatic rings. The van der Waals surface area contributed by atoms with E-state index < -0.39 is 29.7 Å². The number of rotatable bonds is 1. The van der Waals surface area contributed by atoms with Crippen molar-refractivity contribution >= 4 is 29.3 Å². The van der Waals surface area contributed by atoms with Crippen molar-refractivity contribution in [1.82, 2.24) is 10.2 Å². The third kappa shape index (κ3) is 1.83. The van der Waals surface area contributed by atoms with E-state index >= 15 is 0 Å². The highest BCUT2D eigenvalue weighted by molar-refractivity contribution is 6.24. The number of phenols is 1. The molecule has 0 bridgehead atoms. The maximum atomic E-state index is 12.3. The topological polar surface area (TPSA) is 130 Å². The predicted molar refractivity (Wildman–Crippen MR) is 69.2 cm³/mol. The number of anilines is 1. The predicted octanol–water partition coefficient (Wildman–Crippen LogP) is -0.624. The number of nitrogens with zero attached hydrogens (tertiary/aromatic N) is 1. The van der Waals surface area contributed by atoms with Gasteiger partial charge >= 0.3 is 0 Å². The minimum absolute atomic E-state index is 0.00333. The minimum Gasteiger partial charge on any atom is -0.506 e. The number of hydrogen-bond acceptors (Lipinski definition) is 6. The number of carbonyl (C=O) groups is 4. The third-order valence-electron chi connectivity index (χ3n) is 3.59. The SMILES string of the molecule is Nc1cc2c(cc1O)C(=O)N(C1CCC(=O)NC1=O)C2=O. The molecule has 2 aliphatic heterocycles. The van der Waals surface area contributed by atoms with Crippen molar-refractivity contribution in [2.75, 3.05) is 5.73 Å². The van der Waals surface area contributed by atoms with Gasteiger partial charge in [0.15, 0.2) is 0 Å². The molecule has 2 aliphatic rings. The van der Waals surface area contributed by atoms with Crippen LogP contribution in [0.4, 0.5) is 5.69 Å². The van der Waals surface area contributed by atoms with Crippen LogP contribution in [0.25, 0.3) is 0 Å². The van der Waals surface area contributed by atoms with Gasteiger partial charge < -0.3 is 10.8 Å². The number of nitrogens with one attached hydrogen (secondary N) is 1. The van der Waals surface area contributed by atoms with Crippen molar-refractivity contribution in [2.24, 2.45) is 0 Å². The molecule has 1 saturated heterocycles. The van der Waals surface area contributed by atoms with E-state index in [9.17, 15) is 24.3 Å². The monoisotopic (exact) mass is 289 g/mol. The van der Waals surface area contributed by atoms with E-state index in [-0.39, 0.29) is 35.4 Å². The standard InChI is InChI=1S/C13H11N3O5/c14-7-3-5-6(4-9(7)17)13(21)16(12(5)20)8-1-2-10(18)15-11(8)19/h3-4,8,17H,1-2,14H2,(H,15,18,19). The molecule has 4 amide bonds. The minimum atomic E-state index is -1.03. The number of piperidine rings is 1. The summed E-state index contributed by atoms with van der Waals surface area (Å²) in [6, 6.07) is 1.28. The van der Waals surface area contributed by atoms with Gasteiger partial charge in [0.25, 0.3) is 11.8 Å². The normalized spacial score (nSPS) is 21.5. The fraction of sp³-hybridized carbons (Fsp3) is 0.231. The number of aromatic hydroxyl groups is 1. The van der Waals surface area contributed by atoms with E-state index in [4.69, 9.17) is 5.73 Å². The van der Waals surface area contributed by atoms with E-state index in [0.717, 1.165) is 11.0 Å². The van der Waals surface area contributed by atoms with Gasteiger partial charge in [-0.2, -0.15) is 0 Å². The molecule has 108 valence electrons. The second kappa shape index (κ2) is 4.30. The largest absolute Gasteiger partial charge is 0.506 e. The van der Waals surface area contributed by atoms with Gasteiger partial charge in [-0.1, -0.05) is 0 Å². The Morgan fingerprint density at radius 1 is 1.14 bits per heavy atom. The van der Waals surface area contributed by atoms with Gasteiger partial charge in [0, 0.05) is 6.42 Å². The maximum Gasteiger partial charge on any atom is 0.262 e. The Balaban J connectivity index is 2.00. The first-order valence-electron chi connectivity index (χ1n) is 6.24. The van der Waals surface area contributed by atoms with Crippen molar-refractivity contribution in [1.29, 1.82) is 0 Å². The number of fused-ring (bicyclic) bond motifs is 1. The number of hydrogen-bond donors (Lipinski definition) is 3. The Morgan fingerprint density at radius 3 is 2.38 bits per heavy atom. The molecule has 4 N–H and O–H groups in total. The highest BCUT2D eigenvalue weighted by Crippen LogP contribution is 2.33. The summed E-state index contributed by atoms with van der Waals surface area (Å²) in [5, 5.41) is 11.6.